The monoisotopic (exact) mass is 402 g/mol. The van der Waals surface area contributed by atoms with Crippen molar-refractivity contribution in [2.75, 3.05) is 18.8 Å². The number of halogens is 1. The van der Waals surface area contributed by atoms with Gasteiger partial charge in [0, 0.05) is 42.9 Å². The molecule has 1 aromatic carbocycles. The predicted octanol–water partition coefficient (Wildman–Crippen LogP) is 3.31. The Morgan fingerprint density at radius 1 is 1.15 bits per heavy atom. The van der Waals surface area contributed by atoms with Gasteiger partial charge in [-0.3, -0.25) is 9.59 Å². The maximum absolute atomic E-state index is 13.0. The number of aromatic nitrogens is 1. The molecule has 0 unspecified atom stereocenters. The summed E-state index contributed by atoms with van der Waals surface area (Å²) in [4.78, 5) is 26.5. The van der Waals surface area contributed by atoms with E-state index in [4.69, 9.17) is 12.2 Å². The van der Waals surface area contributed by atoms with Crippen LogP contribution >= 0.6 is 24.0 Å². The third kappa shape index (κ3) is 3.84. The zero-order valence-corrected chi connectivity index (χ0v) is 16.3. The number of fused-ring (bicyclic) bond motifs is 4. The molecule has 2 bridgehead atoms. The van der Waals surface area contributed by atoms with Crippen molar-refractivity contribution in [1.82, 2.24) is 9.47 Å². The average molecular weight is 403 g/mol. The highest BCUT2D eigenvalue weighted by Crippen LogP contribution is 2.36. The number of piperidine rings is 1. The number of carbonyl (C=O) groups excluding carboxylic acids is 1. The van der Waals surface area contributed by atoms with Gasteiger partial charge in [0.2, 0.25) is 0 Å². The number of thiocarbonyl (C=S) groups is 1. The summed E-state index contributed by atoms with van der Waals surface area (Å²) >= 11 is 6.93. The second kappa shape index (κ2) is 7.56. The molecule has 2 aliphatic heterocycles. The molecule has 0 saturated carbocycles. The van der Waals surface area contributed by atoms with Gasteiger partial charge in [-0.2, -0.15) is 0 Å². The van der Waals surface area contributed by atoms with Crippen LogP contribution in [0.15, 0.2) is 47.3 Å². The van der Waals surface area contributed by atoms with Gasteiger partial charge in [-0.25, -0.2) is 4.39 Å². The summed E-state index contributed by atoms with van der Waals surface area (Å²) in [7, 11) is 0. The third-order valence-electron chi connectivity index (χ3n) is 5.23. The van der Waals surface area contributed by atoms with Crippen LogP contribution in [0.4, 0.5) is 4.39 Å². The molecule has 0 amide bonds. The smallest absolute Gasteiger partial charge is 0.250 e. The van der Waals surface area contributed by atoms with Crippen LogP contribution in [0, 0.1) is 11.7 Å². The highest BCUT2D eigenvalue weighted by Gasteiger charge is 2.35. The molecular formula is C20H19FN2O2S2. The maximum Gasteiger partial charge on any atom is 0.250 e. The van der Waals surface area contributed by atoms with E-state index >= 15 is 0 Å². The Hall–Kier alpha value is -1.99. The molecule has 2 atom stereocenters. The first-order chi connectivity index (χ1) is 13.0. The second-order valence-corrected chi connectivity index (χ2v) is 8.70. The fourth-order valence-corrected chi connectivity index (χ4v) is 5.06. The highest BCUT2D eigenvalue weighted by molar-refractivity contribution is 8.23. The van der Waals surface area contributed by atoms with Crippen molar-refractivity contribution in [1.29, 1.82) is 0 Å². The number of pyridine rings is 1. The number of ketones is 1. The third-order valence-corrected chi connectivity index (χ3v) is 6.75. The Labute approximate surface area is 166 Å². The Kier molecular flexibility index (Phi) is 5.14. The molecule has 140 valence electrons. The van der Waals surface area contributed by atoms with Crippen molar-refractivity contribution in [3.8, 4) is 0 Å². The van der Waals surface area contributed by atoms with E-state index in [1.54, 1.807) is 6.07 Å². The van der Waals surface area contributed by atoms with E-state index in [9.17, 15) is 14.0 Å². The van der Waals surface area contributed by atoms with E-state index < -0.39 is 0 Å². The van der Waals surface area contributed by atoms with Crippen molar-refractivity contribution in [2.45, 2.75) is 18.9 Å². The molecule has 1 saturated heterocycles. The van der Waals surface area contributed by atoms with Gasteiger partial charge in [0.25, 0.3) is 5.56 Å². The molecule has 0 spiro atoms. The van der Waals surface area contributed by atoms with E-state index in [1.807, 2.05) is 16.7 Å². The minimum absolute atomic E-state index is 0.0588. The summed E-state index contributed by atoms with van der Waals surface area (Å²) in [5, 5.41) is 0. The molecule has 2 aliphatic rings. The van der Waals surface area contributed by atoms with Gasteiger partial charge in [-0.05, 0) is 42.7 Å². The van der Waals surface area contributed by atoms with Crippen LogP contribution in [0.3, 0.4) is 0 Å². The Bertz CT molecular complexity index is 942. The summed E-state index contributed by atoms with van der Waals surface area (Å²) < 4.78 is 15.6. The largest absolute Gasteiger partial charge is 0.356 e. The lowest BCUT2D eigenvalue weighted by Crippen LogP contribution is -2.48. The van der Waals surface area contributed by atoms with E-state index in [2.05, 4.69) is 4.90 Å². The van der Waals surface area contributed by atoms with Crippen LogP contribution < -0.4 is 5.56 Å². The molecule has 4 rings (SSSR count). The molecule has 27 heavy (non-hydrogen) atoms. The number of carbonyl (C=O) groups is 1. The minimum atomic E-state index is -0.353. The molecule has 7 heteroatoms. The molecule has 1 aromatic heterocycles. The standard InChI is InChI=1S/C20H19FN2O2S2/c21-16-6-4-14(5-7-16)18(24)12-27-20(26)22-9-13-8-15(11-22)17-2-1-3-19(25)23(17)10-13/h1-7,13,15H,8-12H2/t13-,15-/m0/s1. The zero-order valence-electron chi connectivity index (χ0n) is 14.6. The van der Waals surface area contributed by atoms with Crippen LogP contribution in [0.1, 0.15) is 28.4 Å². The molecule has 4 nitrogen and oxygen atoms in total. The number of hydrogen-bond donors (Lipinski definition) is 0. The van der Waals surface area contributed by atoms with Gasteiger partial charge in [0.1, 0.15) is 10.1 Å². The zero-order chi connectivity index (χ0) is 19.0. The normalized spacial score (nSPS) is 20.9. The topological polar surface area (TPSA) is 42.3 Å². The van der Waals surface area contributed by atoms with E-state index in [0.717, 1.165) is 31.7 Å². The molecule has 0 N–H and O–H groups in total. The van der Waals surface area contributed by atoms with Gasteiger partial charge in [0.05, 0.1) is 5.75 Å². The maximum atomic E-state index is 13.0. The Morgan fingerprint density at radius 3 is 2.70 bits per heavy atom. The summed E-state index contributed by atoms with van der Waals surface area (Å²) in [6, 6.07) is 11.1. The lowest BCUT2D eigenvalue weighted by Gasteiger charge is -2.43. The molecule has 2 aromatic rings. The molecule has 0 radical (unpaired) electrons. The Morgan fingerprint density at radius 2 is 1.93 bits per heavy atom. The van der Waals surface area contributed by atoms with Gasteiger partial charge < -0.3 is 9.47 Å². The lowest BCUT2D eigenvalue weighted by molar-refractivity contribution is 0.102. The summed E-state index contributed by atoms with van der Waals surface area (Å²) in [5.74, 6) is 0.512. The van der Waals surface area contributed by atoms with Crippen molar-refractivity contribution in [2.24, 2.45) is 5.92 Å². The number of rotatable bonds is 3. The number of benzene rings is 1. The van der Waals surface area contributed by atoms with Crippen LogP contribution in [0.5, 0.6) is 0 Å². The fourth-order valence-electron chi connectivity index (χ4n) is 3.98. The van der Waals surface area contributed by atoms with Crippen LogP contribution in [-0.4, -0.2) is 38.4 Å². The molecule has 0 aliphatic carbocycles. The van der Waals surface area contributed by atoms with Crippen LogP contribution in [0.2, 0.25) is 0 Å². The van der Waals surface area contributed by atoms with Gasteiger partial charge in [-0.15, -0.1) is 0 Å². The van der Waals surface area contributed by atoms with Crippen molar-refractivity contribution < 1.29 is 9.18 Å². The average Bonchev–Trinajstić information content (AvgIpc) is 2.67. The van der Waals surface area contributed by atoms with Crippen molar-refractivity contribution in [3.63, 3.8) is 0 Å². The number of thioether (sulfide) groups is 1. The minimum Gasteiger partial charge on any atom is -0.356 e. The fraction of sp³-hybridized carbons (Fsp3) is 0.350. The molecular weight excluding hydrogens is 383 g/mol. The lowest BCUT2D eigenvalue weighted by atomic mass is 9.83. The van der Waals surface area contributed by atoms with E-state index in [1.165, 1.54) is 36.0 Å². The van der Waals surface area contributed by atoms with Gasteiger partial charge in [0.15, 0.2) is 5.78 Å². The summed E-state index contributed by atoms with van der Waals surface area (Å²) in [6.45, 7) is 2.31. The second-order valence-electron chi connectivity index (χ2n) is 7.09. The van der Waals surface area contributed by atoms with Crippen LogP contribution in [-0.2, 0) is 6.54 Å². The number of nitrogens with zero attached hydrogens (tertiary/aromatic N) is 2. The quantitative estimate of drug-likeness (QED) is 0.582. The first-order valence-electron chi connectivity index (χ1n) is 8.91. The molecule has 3 heterocycles. The predicted molar refractivity (Wildman–Crippen MR) is 109 cm³/mol. The van der Waals surface area contributed by atoms with E-state index in [-0.39, 0.29) is 28.8 Å². The number of Topliss-reactive ketones (excluding diaryl/α,β-unsaturated/α-hetero) is 1. The van der Waals surface area contributed by atoms with Gasteiger partial charge >= 0.3 is 0 Å². The van der Waals surface area contributed by atoms with Crippen molar-refractivity contribution in [3.05, 3.63) is 69.9 Å². The first kappa shape index (κ1) is 18.4. The highest BCUT2D eigenvalue weighted by atomic mass is 32.2. The summed E-state index contributed by atoms with van der Waals surface area (Å²) in [5.41, 5.74) is 1.65. The van der Waals surface area contributed by atoms with Gasteiger partial charge in [-0.1, -0.05) is 30.0 Å². The van der Waals surface area contributed by atoms with E-state index in [0.29, 0.717) is 15.8 Å². The summed E-state index contributed by atoms with van der Waals surface area (Å²) in [6.07, 6.45) is 1.07. The SMILES string of the molecule is O=C(CSC(=S)N1C[C@@H]2C[C@@H](C1)c1cccc(=O)n1C2)c1ccc(F)cc1. The Balaban J connectivity index is 1.40. The van der Waals surface area contributed by atoms with Crippen LogP contribution in [0.25, 0.3) is 0 Å². The number of likely N-dealkylation sites (tertiary alicyclic amines) is 1. The first-order valence-corrected chi connectivity index (χ1v) is 10.3. The van der Waals surface area contributed by atoms with Crippen molar-refractivity contribution >= 4 is 34.1 Å². The number of hydrogen-bond acceptors (Lipinski definition) is 4. The molecule has 1 fully saturated rings.